The number of hydrazine groups is 1. The summed E-state index contributed by atoms with van der Waals surface area (Å²) in [6.07, 6.45) is 0. The number of rotatable bonds is 6. The Bertz CT molecular complexity index is 1300. The quantitative estimate of drug-likeness (QED) is 0.227. The molecule has 7 nitrogen and oxygen atoms in total. The Kier molecular flexibility index (Phi) is 7.34. The van der Waals surface area contributed by atoms with E-state index < -0.39 is 11.8 Å². The summed E-state index contributed by atoms with van der Waals surface area (Å²) in [6, 6.07) is 18.8. The van der Waals surface area contributed by atoms with Gasteiger partial charge in [0.25, 0.3) is 11.8 Å². The van der Waals surface area contributed by atoms with Gasteiger partial charge >= 0.3 is 0 Å². The van der Waals surface area contributed by atoms with Crippen LogP contribution in [0.2, 0.25) is 0 Å². The molecule has 0 unspecified atom stereocenters. The van der Waals surface area contributed by atoms with Crippen molar-refractivity contribution in [1.82, 2.24) is 25.8 Å². The van der Waals surface area contributed by atoms with Crippen LogP contribution in [0.5, 0.6) is 0 Å². The normalized spacial score (nSPS) is 10.7. The summed E-state index contributed by atoms with van der Waals surface area (Å²) in [5.74, 6) is -0.0988. The van der Waals surface area contributed by atoms with E-state index in [1.54, 1.807) is 30.8 Å². The van der Waals surface area contributed by atoms with E-state index >= 15 is 0 Å². The summed E-state index contributed by atoms with van der Waals surface area (Å²) in [4.78, 5) is 38.9. The molecule has 172 valence electrons. The minimum Gasteiger partial charge on any atom is -0.267 e. The van der Waals surface area contributed by atoms with E-state index in [-0.39, 0.29) is 0 Å². The second-order valence-electron chi connectivity index (χ2n) is 7.63. The fraction of sp³-hybridized carbons (Fsp3) is 0.160. The van der Waals surface area contributed by atoms with Gasteiger partial charge in [0.1, 0.15) is 9.88 Å². The minimum absolute atomic E-state index is 0.393. The van der Waals surface area contributed by atoms with E-state index in [0.717, 1.165) is 32.7 Å². The Morgan fingerprint density at radius 2 is 1.50 bits per heavy atom. The first-order chi connectivity index (χ1) is 16.4. The summed E-state index contributed by atoms with van der Waals surface area (Å²) >= 11 is 2.83. The maximum Gasteiger partial charge on any atom is 0.281 e. The number of hydrogen-bond donors (Lipinski definition) is 2. The van der Waals surface area contributed by atoms with Gasteiger partial charge in [-0.1, -0.05) is 54.2 Å². The fourth-order valence-corrected chi connectivity index (χ4v) is 5.08. The van der Waals surface area contributed by atoms with Crippen LogP contribution in [-0.2, 0) is 5.75 Å². The van der Waals surface area contributed by atoms with E-state index in [9.17, 15) is 9.59 Å². The molecule has 2 aromatic heterocycles. The van der Waals surface area contributed by atoms with Crippen molar-refractivity contribution >= 4 is 34.9 Å². The zero-order chi connectivity index (χ0) is 24.1. The molecule has 0 atom stereocenters. The average molecular weight is 490 g/mol. The third kappa shape index (κ3) is 5.86. The number of carbonyl (C=O) groups is 2. The highest BCUT2D eigenvalue weighted by molar-refractivity contribution is 7.98. The third-order valence-electron chi connectivity index (χ3n) is 4.86. The zero-order valence-corrected chi connectivity index (χ0v) is 20.6. The van der Waals surface area contributed by atoms with Crippen LogP contribution in [0.25, 0.3) is 10.6 Å². The molecule has 2 N–H and O–H groups in total. The molecule has 2 amide bonds. The van der Waals surface area contributed by atoms with Crippen molar-refractivity contribution < 1.29 is 9.59 Å². The average Bonchev–Trinajstić information content (AvgIpc) is 3.23. The number of aryl methyl sites for hydroxylation is 3. The van der Waals surface area contributed by atoms with Crippen LogP contribution in [0.3, 0.4) is 0 Å². The highest BCUT2D eigenvalue weighted by Crippen LogP contribution is 2.27. The van der Waals surface area contributed by atoms with Crippen LogP contribution in [0.4, 0.5) is 0 Å². The van der Waals surface area contributed by atoms with E-state index in [1.165, 1.54) is 11.3 Å². The molecule has 4 aromatic rings. The highest BCUT2D eigenvalue weighted by Gasteiger charge is 2.17. The van der Waals surface area contributed by atoms with Crippen molar-refractivity contribution in [3.63, 3.8) is 0 Å². The lowest BCUT2D eigenvalue weighted by Gasteiger charge is -2.08. The topological polar surface area (TPSA) is 96.9 Å². The number of nitrogens with zero attached hydrogens (tertiary/aromatic N) is 3. The first kappa shape index (κ1) is 23.6. The molecule has 0 aliphatic heterocycles. The Morgan fingerprint density at radius 3 is 2.18 bits per heavy atom. The molecular weight excluding hydrogens is 466 g/mol. The monoisotopic (exact) mass is 489 g/mol. The van der Waals surface area contributed by atoms with Crippen molar-refractivity contribution in [3.05, 3.63) is 93.7 Å². The molecule has 34 heavy (non-hydrogen) atoms. The number of hydrogen-bond acceptors (Lipinski definition) is 7. The van der Waals surface area contributed by atoms with Crippen molar-refractivity contribution in [1.29, 1.82) is 0 Å². The molecule has 0 saturated carbocycles. The Morgan fingerprint density at radius 1 is 0.853 bits per heavy atom. The molecule has 4 rings (SSSR count). The molecule has 0 radical (unpaired) electrons. The van der Waals surface area contributed by atoms with Gasteiger partial charge in [-0.05, 0) is 44.5 Å². The Labute approximate surface area is 206 Å². The minimum atomic E-state index is -0.396. The number of aromatic nitrogens is 3. The number of thiazole rings is 1. The highest BCUT2D eigenvalue weighted by atomic mass is 32.2. The maximum absolute atomic E-state index is 12.6. The molecule has 0 bridgehead atoms. The first-order valence-corrected chi connectivity index (χ1v) is 12.4. The largest absolute Gasteiger partial charge is 0.281 e. The smallest absolute Gasteiger partial charge is 0.267 e. The molecule has 0 spiro atoms. The predicted molar refractivity (Wildman–Crippen MR) is 135 cm³/mol. The lowest BCUT2D eigenvalue weighted by molar-refractivity contribution is 0.0848. The van der Waals surface area contributed by atoms with Gasteiger partial charge in [0.05, 0.1) is 5.69 Å². The lowest BCUT2D eigenvalue weighted by atomic mass is 10.1. The Balaban J connectivity index is 1.32. The second-order valence-corrected chi connectivity index (χ2v) is 9.57. The van der Waals surface area contributed by atoms with Crippen molar-refractivity contribution in [3.8, 4) is 10.6 Å². The summed E-state index contributed by atoms with van der Waals surface area (Å²) < 4.78 is 0. The zero-order valence-electron chi connectivity index (χ0n) is 19.0. The molecule has 0 saturated heterocycles. The molecule has 0 aliphatic carbocycles. The lowest BCUT2D eigenvalue weighted by Crippen LogP contribution is -2.41. The van der Waals surface area contributed by atoms with Gasteiger partial charge in [0.2, 0.25) is 0 Å². The molecule has 9 heteroatoms. The number of carbonyl (C=O) groups excluding carboxylic acids is 2. The van der Waals surface area contributed by atoms with Crippen molar-refractivity contribution in [2.75, 3.05) is 0 Å². The van der Waals surface area contributed by atoms with Gasteiger partial charge in [0, 0.05) is 28.3 Å². The molecular formula is C25H23N5O2S2. The second kappa shape index (κ2) is 10.6. The fourth-order valence-electron chi connectivity index (χ4n) is 3.21. The first-order valence-electron chi connectivity index (χ1n) is 10.6. The van der Waals surface area contributed by atoms with Gasteiger partial charge in [-0.25, -0.2) is 15.0 Å². The van der Waals surface area contributed by atoms with Gasteiger partial charge in [-0.15, -0.1) is 11.3 Å². The summed E-state index contributed by atoms with van der Waals surface area (Å²) in [6.45, 7) is 5.67. The molecule has 2 aromatic carbocycles. The maximum atomic E-state index is 12.6. The number of nitrogens with one attached hydrogen (secondary N) is 2. The van der Waals surface area contributed by atoms with Crippen molar-refractivity contribution in [2.24, 2.45) is 0 Å². The molecule has 0 aliphatic rings. The SMILES string of the molecule is Cc1cc(C)nc(SCc2ccc(C(=O)NNC(=O)c3sc(-c4ccccc4)nc3C)cc2)n1. The third-order valence-corrected chi connectivity index (χ3v) is 6.98. The summed E-state index contributed by atoms with van der Waals surface area (Å²) in [7, 11) is 0. The number of benzene rings is 2. The number of thioether (sulfide) groups is 1. The van der Waals surface area contributed by atoms with Gasteiger partial charge in [-0.2, -0.15) is 0 Å². The molecule has 0 fully saturated rings. The van der Waals surface area contributed by atoms with Gasteiger partial charge in [0.15, 0.2) is 5.16 Å². The summed E-state index contributed by atoms with van der Waals surface area (Å²) in [5, 5.41) is 1.49. The van der Waals surface area contributed by atoms with Crippen LogP contribution in [-0.4, -0.2) is 26.8 Å². The van der Waals surface area contributed by atoms with Crippen LogP contribution in [0.15, 0.2) is 65.8 Å². The van der Waals surface area contributed by atoms with Crippen LogP contribution < -0.4 is 10.9 Å². The summed E-state index contributed by atoms with van der Waals surface area (Å²) in [5.41, 5.74) is 9.89. The van der Waals surface area contributed by atoms with Gasteiger partial charge < -0.3 is 0 Å². The Hall–Kier alpha value is -3.56. The van der Waals surface area contributed by atoms with E-state index in [0.29, 0.717) is 21.9 Å². The van der Waals surface area contributed by atoms with E-state index in [4.69, 9.17) is 0 Å². The van der Waals surface area contributed by atoms with E-state index in [2.05, 4.69) is 25.8 Å². The number of amides is 2. The standard InChI is InChI=1S/C25H23N5O2S2/c1-15-13-16(2)27-25(26-15)33-14-18-9-11-19(12-10-18)22(31)29-30-23(32)21-17(3)28-24(34-21)20-7-5-4-6-8-20/h4-13H,14H2,1-3H3,(H,29,31)(H,30,32). The van der Waals surface area contributed by atoms with Gasteiger partial charge in [-0.3, -0.25) is 20.4 Å². The van der Waals surface area contributed by atoms with Crippen LogP contribution in [0.1, 0.15) is 42.7 Å². The van der Waals surface area contributed by atoms with Crippen molar-refractivity contribution in [2.45, 2.75) is 31.7 Å². The predicted octanol–water partition coefficient (Wildman–Crippen LogP) is 4.89. The molecule has 2 heterocycles. The van der Waals surface area contributed by atoms with Crippen LogP contribution >= 0.6 is 23.1 Å². The van der Waals surface area contributed by atoms with E-state index in [1.807, 2.05) is 62.4 Å². The van der Waals surface area contributed by atoms with Crippen LogP contribution in [0, 0.1) is 20.8 Å².